The second kappa shape index (κ2) is 5.74. The molecule has 2 heteroatoms. The van der Waals surface area contributed by atoms with Gasteiger partial charge in [0, 0.05) is 16.7 Å². The van der Waals surface area contributed by atoms with Crippen molar-refractivity contribution in [2.75, 3.05) is 12.8 Å². The molecule has 1 aromatic carbocycles. The van der Waals surface area contributed by atoms with Crippen molar-refractivity contribution in [3.63, 3.8) is 0 Å². The maximum Gasteiger partial charge on any atom is 0.0207 e. The van der Waals surface area contributed by atoms with Crippen molar-refractivity contribution >= 4 is 11.8 Å². The minimum absolute atomic E-state index is 0.310. The zero-order chi connectivity index (χ0) is 12.2. The van der Waals surface area contributed by atoms with Gasteiger partial charge in [0.25, 0.3) is 0 Å². The minimum atomic E-state index is 0.310. The van der Waals surface area contributed by atoms with Crippen molar-refractivity contribution < 1.29 is 0 Å². The van der Waals surface area contributed by atoms with E-state index >= 15 is 0 Å². The summed E-state index contributed by atoms with van der Waals surface area (Å²) in [5.41, 5.74) is 1.68. The molecule has 1 N–H and O–H groups in total. The lowest BCUT2D eigenvalue weighted by molar-refractivity contribution is 0.305. The molecule has 0 bridgehead atoms. The Morgan fingerprint density at radius 1 is 1.25 bits per heavy atom. The quantitative estimate of drug-likeness (QED) is 0.801. The smallest absolute Gasteiger partial charge is 0.0207 e. The summed E-state index contributed by atoms with van der Waals surface area (Å²) in [5, 5.41) is 3.41. The van der Waals surface area contributed by atoms with Gasteiger partial charge in [-0.05, 0) is 31.0 Å². The molecule has 0 heterocycles. The first-order valence-corrected chi connectivity index (χ1v) is 6.79. The van der Waals surface area contributed by atoms with Gasteiger partial charge in [-0.1, -0.05) is 39.0 Å². The molecule has 0 aliphatic heterocycles. The Hall–Kier alpha value is -0.470. The molecule has 16 heavy (non-hydrogen) atoms. The summed E-state index contributed by atoms with van der Waals surface area (Å²) in [4.78, 5) is 1.40. The molecule has 1 nitrogen and oxygen atoms in total. The predicted octanol–water partition coefficient (Wildman–Crippen LogP) is 3.72. The lowest BCUT2D eigenvalue weighted by atomic mass is 9.88. The molecule has 0 aromatic heterocycles. The summed E-state index contributed by atoms with van der Waals surface area (Å²) in [6.45, 7) is 9.03. The molecule has 0 radical (unpaired) electrons. The van der Waals surface area contributed by atoms with E-state index in [-0.39, 0.29) is 0 Å². The van der Waals surface area contributed by atoms with E-state index in [2.05, 4.69) is 57.3 Å². The number of benzene rings is 1. The van der Waals surface area contributed by atoms with Crippen molar-refractivity contribution in [1.29, 1.82) is 0 Å². The van der Waals surface area contributed by atoms with Crippen molar-refractivity contribution in [3.05, 3.63) is 29.8 Å². The Balaban J connectivity index is 2.60. The van der Waals surface area contributed by atoms with Crippen LogP contribution < -0.4 is 5.32 Å². The van der Waals surface area contributed by atoms with Gasteiger partial charge in [-0.15, -0.1) is 11.8 Å². The van der Waals surface area contributed by atoms with Crippen LogP contribution in [0.1, 0.15) is 26.3 Å². The number of hydrogen-bond donors (Lipinski definition) is 1. The zero-order valence-electron chi connectivity index (χ0n) is 11.0. The van der Waals surface area contributed by atoms with Crippen LogP contribution in [0, 0.1) is 12.3 Å². The molecule has 90 valence electrons. The monoisotopic (exact) mass is 237 g/mol. The Bertz CT molecular complexity index is 328. The number of rotatable bonds is 4. The van der Waals surface area contributed by atoms with Crippen LogP contribution in [-0.2, 0) is 0 Å². The predicted molar refractivity (Wildman–Crippen MR) is 74.2 cm³/mol. The molecule has 1 aromatic rings. The Morgan fingerprint density at radius 3 is 2.38 bits per heavy atom. The molecular weight excluding hydrogens is 214 g/mol. The zero-order valence-corrected chi connectivity index (χ0v) is 11.8. The van der Waals surface area contributed by atoms with Crippen LogP contribution in [0.15, 0.2) is 29.2 Å². The summed E-state index contributed by atoms with van der Waals surface area (Å²) >= 11 is 1.94. The number of aryl methyl sites for hydroxylation is 1. The van der Waals surface area contributed by atoms with Gasteiger partial charge in [-0.3, -0.25) is 0 Å². The van der Waals surface area contributed by atoms with E-state index in [0.717, 1.165) is 5.75 Å². The van der Waals surface area contributed by atoms with Crippen LogP contribution in [0.4, 0.5) is 0 Å². The second-order valence-electron chi connectivity index (χ2n) is 5.28. The fourth-order valence-corrected chi connectivity index (χ4v) is 3.14. The molecule has 1 atom stereocenters. The number of nitrogens with one attached hydrogen (secondary N) is 1. The minimum Gasteiger partial charge on any atom is -0.316 e. The Labute approximate surface area is 104 Å². The summed E-state index contributed by atoms with van der Waals surface area (Å²) in [6.07, 6.45) is 0. The van der Waals surface area contributed by atoms with Crippen LogP contribution in [0.5, 0.6) is 0 Å². The van der Waals surface area contributed by atoms with E-state index in [4.69, 9.17) is 0 Å². The normalized spacial score (nSPS) is 13.8. The van der Waals surface area contributed by atoms with E-state index in [9.17, 15) is 0 Å². The van der Waals surface area contributed by atoms with Gasteiger partial charge in [0.1, 0.15) is 0 Å². The Kier molecular flexibility index (Phi) is 4.88. The maximum atomic E-state index is 3.41. The number of hydrogen-bond acceptors (Lipinski definition) is 2. The summed E-state index contributed by atoms with van der Waals surface area (Å²) in [5.74, 6) is 1.12. The highest BCUT2D eigenvalue weighted by atomic mass is 32.2. The average molecular weight is 237 g/mol. The van der Waals surface area contributed by atoms with Gasteiger partial charge in [0.2, 0.25) is 0 Å². The highest BCUT2D eigenvalue weighted by molar-refractivity contribution is 7.99. The van der Waals surface area contributed by atoms with Crippen LogP contribution in [0.2, 0.25) is 0 Å². The molecule has 0 saturated carbocycles. The van der Waals surface area contributed by atoms with Gasteiger partial charge >= 0.3 is 0 Å². The van der Waals surface area contributed by atoms with E-state index in [1.54, 1.807) is 0 Å². The third-order valence-corrected chi connectivity index (χ3v) is 4.16. The van der Waals surface area contributed by atoms with E-state index in [1.165, 1.54) is 10.5 Å². The molecule has 0 aliphatic rings. The molecule has 0 saturated heterocycles. The van der Waals surface area contributed by atoms with Crippen LogP contribution in [0.3, 0.4) is 0 Å². The van der Waals surface area contributed by atoms with Crippen molar-refractivity contribution in [3.8, 4) is 0 Å². The molecule has 0 amide bonds. The fourth-order valence-electron chi connectivity index (χ4n) is 1.66. The molecule has 0 aliphatic carbocycles. The van der Waals surface area contributed by atoms with E-state index < -0.39 is 0 Å². The maximum absolute atomic E-state index is 3.41. The van der Waals surface area contributed by atoms with Gasteiger partial charge in [-0.2, -0.15) is 0 Å². The Morgan fingerprint density at radius 2 is 1.88 bits per heavy atom. The first-order chi connectivity index (χ1) is 7.45. The van der Waals surface area contributed by atoms with E-state index in [1.807, 2.05) is 18.8 Å². The summed E-state index contributed by atoms with van der Waals surface area (Å²) in [7, 11) is 2.05. The van der Waals surface area contributed by atoms with Crippen molar-refractivity contribution in [2.45, 2.75) is 38.6 Å². The highest BCUT2D eigenvalue weighted by Gasteiger charge is 2.22. The topological polar surface area (TPSA) is 12.0 Å². The molecular formula is C14H23NS. The first kappa shape index (κ1) is 13.6. The van der Waals surface area contributed by atoms with Crippen LogP contribution in [-0.4, -0.2) is 18.8 Å². The summed E-state index contributed by atoms with van der Waals surface area (Å²) < 4.78 is 0. The summed E-state index contributed by atoms with van der Waals surface area (Å²) in [6, 6.07) is 9.12. The van der Waals surface area contributed by atoms with E-state index in [0.29, 0.717) is 11.5 Å². The average Bonchev–Trinajstić information content (AvgIpc) is 2.19. The molecule has 0 fully saturated rings. The molecule has 1 unspecified atom stereocenters. The SMILES string of the molecule is CNC(CSc1ccccc1C)C(C)(C)C. The number of thioether (sulfide) groups is 1. The van der Waals surface area contributed by atoms with Crippen LogP contribution >= 0.6 is 11.8 Å². The third-order valence-electron chi connectivity index (χ3n) is 2.89. The van der Waals surface area contributed by atoms with Gasteiger partial charge in [-0.25, -0.2) is 0 Å². The van der Waals surface area contributed by atoms with Crippen LogP contribution in [0.25, 0.3) is 0 Å². The van der Waals surface area contributed by atoms with Gasteiger partial charge < -0.3 is 5.32 Å². The lowest BCUT2D eigenvalue weighted by Gasteiger charge is -2.30. The standard InChI is InChI=1S/C14H23NS/c1-11-8-6-7-9-12(11)16-10-13(15-5)14(2,3)4/h6-9,13,15H,10H2,1-5H3. The van der Waals surface area contributed by atoms with Crippen molar-refractivity contribution in [1.82, 2.24) is 5.32 Å². The first-order valence-electron chi connectivity index (χ1n) is 5.81. The van der Waals surface area contributed by atoms with Gasteiger partial charge in [0.15, 0.2) is 0 Å². The highest BCUT2D eigenvalue weighted by Crippen LogP contribution is 2.28. The largest absolute Gasteiger partial charge is 0.316 e. The third kappa shape index (κ3) is 3.84. The fraction of sp³-hybridized carbons (Fsp3) is 0.571. The molecule has 0 spiro atoms. The molecule has 1 rings (SSSR count). The lowest BCUT2D eigenvalue weighted by Crippen LogP contribution is -2.40. The van der Waals surface area contributed by atoms with Gasteiger partial charge in [0.05, 0.1) is 0 Å². The second-order valence-corrected chi connectivity index (χ2v) is 6.35. The van der Waals surface area contributed by atoms with Crippen molar-refractivity contribution in [2.24, 2.45) is 5.41 Å².